The van der Waals surface area contributed by atoms with E-state index in [1.54, 1.807) is 11.8 Å². The fourth-order valence-electron chi connectivity index (χ4n) is 3.06. The molecule has 0 bridgehead atoms. The predicted molar refractivity (Wildman–Crippen MR) is 96.7 cm³/mol. The third-order valence-electron chi connectivity index (χ3n) is 4.58. The summed E-state index contributed by atoms with van der Waals surface area (Å²) in [4.78, 5) is 30.5. The summed E-state index contributed by atoms with van der Waals surface area (Å²) in [6.07, 6.45) is 0.739. The monoisotopic (exact) mass is 356 g/mol. The highest BCUT2D eigenvalue weighted by Crippen LogP contribution is 2.26. The molecule has 7 nitrogen and oxygen atoms in total. The minimum atomic E-state index is -0.334. The van der Waals surface area contributed by atoms with Crippen molar-refractivity contribution in [3.8, 4) is 0 Å². The Morgan fingerprint density at radius 3 is 2.69 bits per heavy atom. The molecule has 1 saturated heterocycles. The maximum Gasteiger partial charge on any atom is 0.227 e. The van der Waals surface area contributed by atoms with Gasteiger partial charge in [-0.05, 0) is 23.6 Å². The average molecular weight is 356 g/mol. The van der Waals surface area contributed by atoms with E-state index in [1.165, 1.54) is 5.56 Å². The van der Waals surface area contributed by atoms with E-state index in [1.807, 2.05) is 24.3 Å². The molecule has 0 aliphatic carbocycles. The van der Waals surface area contributed by atoms with Gasteiger partial charge in [0, 0.05) is 38.5 Å². The summed E-state index contributed by atoms with van der Waals surface area (Å²) < 4.78 is 4.90. The first kappa shape index (κ1) is 18.1. The van der Waals surface area contributed by atoms with E-state index in [0.29, 0.717) is 37.1 Å². The molecule has 0 radical (unpaired) electrons. The fourth-order valence-corrected chi connectivity index (χ4v) is 3.06. The van der Waals surface area contributed by atoms with Crippen molar-refractivity contribution in [2.45, 2.75) is 39.5 Å². The van der Waals surface area contributed by atoms with E-state index in [0.717, 1.165) is 5.69 Å². The molecule has 3 rings (SSSR count). The smallest absolute Gasteiger partial charge is 0.227 e. The predicted octanol–water partition coefficient (Wildman–Crippen LogP) is 2.21. The molecule has 2 amide bonds. The summed E-state index contributed by atoms with van der Waals surface area (Å²) in [6, 6.07) is 7.97. The maximum absolute atomic E-state index is 12.4. The van der Waals surface area contributed by atoms with Crippen LogP contribution >= 0.6 is 0 Å². The lowest BCUT2D eigenvalue weighted by Gasteiger charge is -2.17. The number of amides is 2. The van der Waals surface area contributed by atoms with E-state index in [4.69, 9.17) is 4.52 Å². The van der Waals surface area contributed by atoms with Crippen LogP contribution in [0.2, 0.25) is 0 Å². The molecule has 138 valence electrons. The molecule has 1 atom stereocenters. The molecule has 0 unspecified atom stereocenters. The number of hydrogen-bond acceptors (Lipinski definition) is 5. The van der Waals surface area contributed by atoms with Crippen LogP contribution in [0.5, 0.6) is 0 Å². The average Bonchev–Trinajstić information content (AvgIpc) is 3.20. The fraction of sp³-hybridized carbons (Fsp3) is 0.474. The van der Waals surface area contributed by atoms with E-state index in [9.17, 15) is 9.59 Å². The van der Waals surface area contributed by atoms with Gasteiger partial charge in [0.25, 0.3) is 0 Å². The summed E-state index contributed by atoms with van der Waals surface area (Å²) in [6.45, 7) is 6.82. The topological polar surface area (TPSA) is 88.3 Å². The number of carbonyl (C=O) groups excluding carboxylic acids is 2. The summed E-state index contributed by atoms with van der Waals surface area (Å²) in [5.74, 6) is 1.05. The summed E-state index contributed by atoms with van der Waals surface area (Å²) >= 11 is 0. The Balaban J connectivity index is 1.54. The van der Waals surface area contributed by atoms with Crippen LogP contribution in [0, 0.1) is 12.8 Å². The number of aromatic nitrogens is 2. The number of rotatable bonds is 6. The lowest BCUT2D eigenvalue weighted by molar-refractivity contribution is -0.126. The van der Waals surface area contributed by atoms with Crippen LogP contribution in [-0.4, -0.2) is 35.0 Å². The third kappa shape index (κ3) is 4.09. The van der Waals surface area contributed by atoms with Crippen LogP contribution in [-0.2, 0) is 16.0 Å². The van der Waals surface area contributed by atoms with Gasteiger partial charge in [-0.15, -0.1) is 0 Å². The van der Waals surface area contributed by atoms with Crippen molar-refractivity contribution in [2.75, 3.05) is 18.0 Å². The zero-order chi connectivity index (χ0) is 18.7. The number of nitrogens with zero attached hydrogens (tertiary/aromatic N) is 3. The van der Waals surface area contributed by atoms with Gasteiger partial charge in [-0.1, -0.05) is 31.1 Å². The number of aryl methyl sites for hydroxylation is 1. The van der Waals surface area contributed by atoms with Crippen molar-refractivity contribution >= 4 is 17.5 Å². The zero-order valence-electron chi connectivity index (χ0n) is 15.4. The van der Waals surface area contributed by atoms with E-state index < -0.39 is 0 Å². The van der Waals surface area contributed by atoms with Crippen molar-refractivity contribution in [3.05, 3.63) is 41.5 Å². The van der Waals surface area contributed by atoms with Crippen molar-refractivity contribution < 1.29 is 14.1 Å². The molecule has 2 heterocycles. The van der Waals surface area contributed by atoms with Crippen LogP contribution in [0.1, 0.15) is 43.5 Å². The van der Waals surface area contributed by atoms with Gasteiger partial charge in [0.15, 0.2) is 5.82 Å². The Bertz CT molecular complexity index is 782. The molecule has 26 heavy (non-hydrogen) atoms. The van der Waals surface area contributed by atoms with Crippen molar-refractivity contribution in [1.82, 2.24) is 15.5 Å². The minimum Gasteiger partial charge on any atom is -0.355 e. The number of nitrogens with one attached hydrogen (secondary N) is 1. The molecular weight excluding hydrogens is 332 g/mol. The quantitative estimate of drug-likeness (QED) is 0.857. The molecule has 1 aliphatic rings. The Morgan fingerprint density at radius 2 is 2.08 bits per heavy atom. The SMILES string of the molecule is Cc1nc(CCNC(=O)[C@@H]2CC(=O)N(c3ccc(C(C)C)cc3)C2)no1. The van der Waals surface area contributed by atoms with Crippen LogP contribution < -0.4 is 10.2 Å². The molecule has 1 aromatic carbocycles. The van der Waals surface area contributed by atoms with Crippen molar-refractivity contribution in [2.24, 2.45) is 5.92 Å². The van der Waals surface area contributed by atoms with Crippen molar-refractivity contribution in [3.63, 3.8) is 0 Å². The van der Waals surface area contributed by atoms with Gasteiger partial charge in [0.05, 0.1) is 5.92 Å². The molecule has 2 aromatic rings. The molecule has 1 aliphatic heterocycles. The van der Waals surface area contributed by atoms with Gasteiger partial charge < -0.3 is 14.7 Å². The van der Waals surface area contributed by atoms with Gasteiger partial charge in [-0.25, -0.2) is 0 Å². The lowest BCUT2D eigenvalue weighted by Crippen LogP contribution is -2.34. The summed E-state index contributed by atoms with van der Waals surface area (Å²) in [5, 5.41) is 6.65. The first-order valence-electron chi connectivity index (χ1n) is 8.91. The second kappa shape index (κ2) is 7.68. The largest absolute Gasteiger partial charge is 0.355 e. The van der Waals surface area contributed by atoms with Crippen LogP contribution in [0.25, 0.3) is 0 Å². The molecular formula is C19H24N4O3. The maximum atomic E-state index is 12.4. The van der Waals surface area contributed by atoms with Crippen LogP contribution in [0.4, 0.5) is 5.69 Å². The first-order chi connectivity index (χ1) is 12.4. The standard InChI is InChI=1S/C19H24N4O3/c1-12(2)14-4-6-16(7-5-14)23-11-15(10-18(23)24)19(25)20-9-8-17-21-13(3)26-22-17/h4-7,12,15H,8-11H2,1-3H3,(H,20,25)/t15-/m1/s1. The molecule has 1 aromatic heterocycles. The lowest BCUT2D eigenvalue weighted by atomic mass is 10.0. The van der Waals surface area contributed by atoms with Crippen LogP contribution in [0.3, 0.4) is 0 Å². The van der Waals surface area contributed by atoms with Gasteiger partial charge in [0.2, 0.25) is 17.7 Å². The highest BCUT2D eigenvalue weighted by atomic mass is 16.5. The Kier molecular flexibility index (Phi) is 5.35. The Morgan fingerprint density at radius 1 is 1.35 bits per heavy atom. The normalized spacial score (nSPS) is 17.2. The summed E-state index contributed by atoms with van der Waals surface area (Å²) in [7, 11) is 0. The molecule has 7 heteroatoms. The second-order valence-electron chi connectivity index (χ2n) is 6.92. The minimum absolute atomic E-state index is 0.0174. The van der Waals surface area contributed by atoms with E-state index in [2.05, 4.69) is 29.3 Å². The number of carbonyl (C=O) groups is 2. The van der Waals surface area contributed by atoms with Gasteiger partial charge in [-0.2, -0.15) is 4.98 Å². The zero-order valence-corrected chi connectivity index (χ0v) is 15.4. The summed E-state index contributed by atoms with van der Waals surface area (Å²) in [5.41, 5.74) is 2.07. The van der Waals surface area contributed by atoms with Crippen molar-refractivity contribution in [1.29, 1.82) is 0 Å². The molecule has 0 saturated carbocycles. The number of benzene rings is 1. The van der Waals surface area contributed by atoms with Gasteiger partial charge >= 0.3 is 0 Å². The molecule has 1 fully saturated rings. The Labute approximate surface area is 152 Å². The third-order valence-corrected chi connectivity index (χ3v) is 4.58. The number of hydrogen-bond donors (Lipinski definition) is 1. The Hall–Kier alpha value is -2.70. The molecule has 0 spiro atoms. The first-order valence-corrected chi connectivity index (χ1v) is 8.91. The van der Waals surface area contributed by atoms with Gasteiger partial charge in [0.1, 0.15) is 0 Å². The van der Waals surface area contributed by atoms with E-state index in [-0.39, 0.29) is 24.2 Å². The van der Waals surface area contributed by atoms with Gasteiger partial charge in [-0.3, -0.25) is 9.59 Å². The highest BCUT2D eigenvalue weighted by molar-refractivity contribution is 6.00. The molecule has 1 N–H and O–H groups in total. The second-order valence-corrected chi connectivity index (χ2v) is 6.92. The highest BCUT2D eigenvalue weighted by Gasteiger charge is 2.34. The number of anilines is 1. The van der Waals surface area contributed by atoms with Crippen LogP contribution in [0.15, 0.2) is 28.8 Å². The van der Waals surface area contributed by atoms with E-state index >= 15 is 0 Å².